The molecule has 0 aliphatic carbocycles. The summed E-state index contributed by atoms with van der Waals surface area (Å²) in [5.41, 5.74) is 1.13. The fourth-order valence-electron chi connectivity index (χ4n) is 3.51. The monoisotopic (exact) mass is 543 g/mol. The molecule has 0 radical (unpaired) electrons. The van der Waals surface area contributed by atoms with Crippen molar-refractivity contribution < 1.29 is 26.4 Å². The van der Waals surface area contributed by atoms with Gasteiger partial charge in [-0.3, -0.25) is 0 Å². The minimum atomic E-state index is -4.61. The van der Waals surface area contributed by atoms with Crippen LogP contribution >= 0.6 is 24.0 Å². The molecule has 184 valence electrons. The van der Waals surface area contributed by atoms with E-state index in [1.54, 1.807) is 24.3 Å². The summed E-state index contributed by atoms with van der Waals surface area (Å²) in [4.78, 5) is 12.3. The zero-order valence-electron chi connectivity index (χ0n) is 17.7. The quantitative estimate of drug-likeness (QED) is 0.459. The van der Waals surface area contributed by atoms with Crippen molar-refractivity contribution in [1.82, 2.24) is 9.73 Å². The van der Waals surface area contributed by atoms with E-state index in [0.717, 1.165) is 22.7 Å². The van der Waals surface area contributed by atoms with Gasteiger partial charge in [0, 0.05) is 10.9 Å². The van der Waals surface area contributed by atoms with Gasteiger partial charge in [0.05, 0.1) is 22.7 Å². The Morgan fingerprint density at radius 3 is 2.14 bits per heavy atom. The molecule has 0 fully saturated rings. The molecule has 3 aromatic rings. The molecule has 1 atom stereocenters. The van der Waals surface area contributed by atoms with Crippen molar-refractivity contribution in [3.63, 3.8) is 0 Å². The summed E-state index contributed by atoms with van der Waals surface area (Å²) in [6.45, 7) is 0.0658. The summed E-state index contributed by atoms with van der Waals surface area (Å²) in [5, 5.41) is 5.86. The maximum atomic E-state index is 12.8. The average molecular weight is 544 g/mol. The molecule has 1 aliphatic heterocycles. The van der Waals surface area contributed by atoms with Crippen LogP contribution in [0.15, 0.2) is 88.9 Å². The largest absolute Gasteiger partial charge is 0.416 e. The molecule has 1 aliphatic rings. The molecule has 0 spiro atoms. The summed E-state index contributed by atoms with van der Waals surface area (Å²) < 4.78 is 65.3. The van der Waals surface area contributed by atoms with Crippen molar-refractivity contribution in [3.8, 4) is 0 Å². The summed E-state index contributed by atoms with van der Waals surface area (Å²) in [7, 11) is -4.42. The first-order valence-electron chi connectivity index (χ1n) is 9.95. The highest BCUT2D eigenvalue weighted by molar-refractivity contribution is 7.90. The molecule has 3 aromatic carbocycles. The standard InChI is InChI=1S/C23H17ClF3N3O3S.ClH/c24-18-10-6-16(7-11-18)21-20(15-4-2-1-3-5-15)14-30(28-21)22(31)29-34(32,33)19-12-8-17(9-13-19)23(25,26)27;/h1-13,20H,14H2,(H,29,31);1H/t20-;/m1./s1. The Labute approximate surface area is 210 Å². The van der Waals surface area contributed by atoms with Gasteiger partial charge in [-0.1, -0.05) is 54.1 Å². The van der Waals surface area contributed by atoms with Gasteiger partial charge in [0.2, 0.25) is 0 Å². The number of carbonyl (C=O) groups is 1. The smallest absolute Gasteiger partial charge is 0.246 e. The number of carbonyl (C=O) groups excluding carboxylic acids is 1. The average Bonchev–Trinajstić information content (AvgIpc) is 3.25. The molecule has 0 unspecified atom stereocenters. The minimum Gasteiger partial charge on any atom is -0.246 e. The van der Waals surface area contributed by atoms with Crippen LogP contribution < -0.4 is 4.72 Å². The molecule has 0 saturated carbocycles. The van der Waals surface area contributed by atoms with Crippen LogP contribution in [0.5, 0.6) is 0 Å². The number of halogens is 5. The Morgan fingerprint density at radius 1 is 0.971 bits per heavy atom. The highest BCUT2D eigenvalue weighted by atomic mass is 35.5. The first-order valence-corrected chi connectivity index (χ1v) is 11.8. The second-order valence-electron chi connectivity index (χ2n) is 7.47. The third-order valence-electron chi connectivity index (χ3n) is 5.20. The molecule has 4 rings (SSSR count). The second-order valence-corrected chi connectivity index (χ2v) is 9.59. The van der Waals surface area contributed by atoms with Crippen LogP contribution in [0.2, 0.25) is 5.02 Å². The molecular weight excluding hydrogens is 526 g/mol. The van der Waals surface area contributed by atoms with Crippen LogP contribution in [-0.2, 0) is 16.2 Å². The van der Waals surface area contributed by atoms with Gasteiger partial charge in [-0.15, -0.1) is 12.4 Å². The number of benzene rings is 3. The number of nitrogens with one attached hydrogen (secondary N) is 1. The molecule has 0 saturated heterocycles. The van der Waals surface area contributed by atoms with Crippen LogP contribution in [-0.4, -0.2) is 31.7 Å². The number of rotatable bonds is 4. The van der Waals surface area contributed by atoms with E-state index in [0.29, 0.717) is 28.4 Å². The first-order chi connectivity index (χ1) is 16.0. The maximum absolute atomic E-state index is 12.8. The van der Waals surface area contributed by atoms with Gasteiger partial charge >= 0.3 is 12.2 Å². The Kier molecular flexibility index (Phi) is 7.78. The Hall–Kier alpha value is -3.08. The van der Waals surface area contributed by atoms with Crippen molar-refractivity contribution in [3.05, 3.63) is 101 Å². The van der Waals surface area contributed by atoms with E-state index in [1.165, 1.54) is 0 Å². The van der Waals surface area contributed by atoms with Crippen molar-refractivity contribution in [2.24, 2.45) is 5.10 Å². The van der Waals surface area contributed by atoms with Gasteiger partial charge in [0.1, 0.15) is 0 Å². The summed E-state index contributed by atoms with van der Waals surface area (Å²) in [5.74, 6) is -0.332. The van der Waals surface area contributed by atoms with Gasteiger partial charge in [-0.2, -0.15) is 18.3 Å². The Morgan fingerprint density at radius 2 is 1.57 bits per heavy atom. The second kappa shape index (κ2) is 10.3. The molecule has 0 bridgehead atoms. The van der Waals surface area contributed by atoms with E-state index in [2.05, 4.69) is 5.10 Å². The molecule has 12 heteroatoms. The number of hydrazone groups is 1. The summed E-state index contributed by atoms with van der Waals surface area (Å²) in [6.07, 6.45) is -4.61. The van der Waals surface area contributed by atoms with Crippen molar-refractivity contribution in [2.75, 3.05) is 6.54 Å². The van der Waals surface area contributed by atoms with Gasteiger partial charge in [0.15, 0.2) is 0 Å². The van der Waals surface area contributed by atoms with Gasteiger partial charge in [-0.05, 0) is 47.5 Å². The highest BCUT2D eigenvalue weighted by Crippen LogP contribution is 2.31. The van der Waals surface area contributed by atoms with E-state index in [4.69, 9.17) is 11.6 Å². The molecule has 1 N–H and O–H groups in total. The van der Waals surface area contributed by atoms with Gasteiger partial charge in [-0.25, -0.2) is 22.9 Å². The Balaban J connectivity index is 0.00000342. The number of nitrogens with zero attached hydrogens (tertiary/aromatic N) is 2. The number of hydrogen-bond acceptors (Lipinski definition) is 4. The number of alkyl halides is 3. The van der Waals surface area contributed by atoms with Crippen molar-refractivity contribution in [1.29, 1.82) is 0 Å². The molecule has 35 heavy (non-hydrogen) atoms. The predicted molar refractivity (Wildman–Crippen MR) is 128 cm³/mol. The number of sulfonamides is 1. The SMILES string of the molecule is Cl.O=C(NS(=O)(=O)c1ccc(C(F)(F)F)cc1)N1C[C@H](c2ccccc2)C(c2ccc(Cl)cc2)=N1. The first kappa shape index (κ1) is 26.5. The van der Waals surface area contributed by atoms with E-state index in [9.17, 15) is 26.4 Å². The Bertz CT molecular complexity index is 1330. The molecule has 1 heterocycles. The third kappa shape index (κ3) is 5.95. The molecule has 6 nitrogen and oxygen atoms in total. The fraction of sp³-hybridized carbons (Fsp3) is 0.130. The molecule has 2 amide bonds. The fourth-order valence-corrected chi connectivity index (χ4v) is 4.58. The molecule has 0 aromatic heterocycles. The number of hydrogen-bond donors (Lipinski definition) is 1. The molecular formula is C23H18Cl2F3N3O3S. The normalized spacial score (nSPS) is 15.8. The minimum absolute atomic E-state index is 0. The van der Waals surface area contributed by atoms with Crippen LogP contribution in [0.1, 0.15) is 22.6 Å². The van der Waals surface area contributed by atoms with Crippen molar-refractivity contribution >= 4 is 45.8 Å². The third-order valence-corrected chi connectivity index (χ3v) is 6.79. The lowest BCUT2D eigenvalue weighted by Gasteiger charge is -2.16. The van der Waals surface area contributed by atoms with E-state index < -0.39 is 32.7 Å². The highest BCUT2D eigenvalue weighted by Gasteiger charge is 2.34. The van der Waals surface area contributed by atoms with Crippen molar-refractivity contribution in [2.45, 2.75) is 17.0 Å². The number of amides is 2. The maximum Gasteiger partial charge on any atom is 0.416 e. The van der Waals surface area contributed by atoms with E-state index in [1.807, 2.05) is 35.1 Å². The zero-order valence-corrected chi connectivity index (χ0v) is 20.1. The van der Waals surface area contributed by atoms with Gasteiger partial charge in [0.25, 0.3) is 10.0 Å². The lowest BCUT2D eigenvalue weighted by atomic mass is 9.91. The van der Waals surface area contributed by atoms with Crippen LogP contribution in [0.25, 0.3) is 0 Å². The van der Waals surface area contributed by atoms with Crippen LogP contribution in [0, 0.1) is 0 Å². The van der Waals surface area contributed by atoms with Gasteiger partial charge < -0.3 is 0 Å². The van der Waals surface area contributed by atoms with Crippen LogP contribution in [0.4, 0.5) is 18.0 Å². The lowest BCUT2D eigenvalue weighted by Crippen LogP contribution is -2.39. The topological polar surface area (TPSA) is 78.8 Å². The summed E-state index contributed by atoms with van der Waals surface area (Å²) >= 11 is 5.97. The zero-order chi connectivity index (χ0) is 24.5. The van der Waals surface area contributed by atoms with E-state index >= 15 is 0 Å². The lowest BCUT2D eigenvalue weighted by molar-refractivity contribution is -0.137. The van der Waals surface area contributed by atoms with Crippen LogP contribution in [0.3, 0.4) is 0 Å². The summed E-state index contributed by atoms with van der Waals surface area (Å²) in [6, 6.07) is 18.0. The predicted octanol–water partition coefficient (Wildman–Crippen LogP) is 5.68. The van der Waals surface area contributed by atoms with E-state index in [-0.39, 0.29) is 24.9 Å². The number of urea groups is 1.